The van der Waals surface area contributed by atoms with Gasteiger partial charge in [0.25, 0.3) is 0 Å². The Balaban J connectivity index is 2.90. The molecule has 114 valence electrons. The molecular weight excluding hydrogens is 288 g/mol. The van der Waals surface area contributed by atoms with Crippen molar-refractivity contribution in [3.8, 4) is 0 Å². The lowest BCUT2D eigenvalue weighted by atomic mass is 10.4. The fourth-order valence-electron chi connectivity index (χ4n) is 2.10. The number of rotatable bonds is 10. The van der Waals surface area contributed by atoms with E-state index in [1.54, 1.807) is 0 Å². The van der Waals surface area contributed by atoms with Crippen molar-refractivity contribution in [2.75, 3.05) is 13.2 Å². The molecule has 20 heavy (non-hydrogen) atoms. The summed E-state index contributed by atoms with van der Waals surface area (Å²) < 4.78 is 12.5. The quantitative estimate of drug-likeness (QED) is 0.462. The monoisotopic (exact) mass is 314 g/mol. The van der Waals surface area contributed by atoms with Crippen LogP contribution in [0.25, 0.3) is 0 Å². The normalized spacial score (nSPS) is 11.8. The third-order valence-electron chi connectivity index (χ3n) is 3.40. The van der Waals surface area contributed by atoms with Crippen LogP contribution in [0.3, 0.4) is 0 Å². The van der Waals surface area contributed by atoms with Crippen molar-refractivity contribution in [3.05, 3.63) is 29.3 Å². The zero-order valence-corrected chi connectivity index (χ0v) is 14.7. The van der Waals surface area contributed by atoms with Crippen molar-refractivity contribution in [3.63, 3.8) is 0 Å². The van der Waals surface area contributed by atoms with Crippen LogP contribution >= 0.6 is 11.6 Å². The number of benzene rings is 1. The van der Waals surface area contributed by atoms with Crippen molar-refractivity contribution < 1.29 is 8.85 Å². The molecule has 1 aromatic rings. The molecule has 0 fully saturated rings. The standard InChI is InChI=1S/C16H27ClO2Si/c1-4-7-12-18-20(6-3,19-13-8-5-2)16-11-9-10-15(17)14-16/h9-11,14H,4-8,12-13H2,1-3H3. The minimum atomic E-state index is -2.34. The van der Waals surface area contributed by atoms with E-state index in [2.05, 4.69) is 26.8 Å². The van der Waals surface area contributed by atoms with Gasteiger partial charge in [-0.05, 0) is 36.2 Å². The SMILES string of the molecule is CCCCO[Si](CC)(OCCCC)c1cccc(Cl)c1. The van der Waals surface area contributed by atoms with Gasteiger partial charge in [0, 0.05) is 18.2 Å². The maximum Gasteiger partial charge on any atom is 0.372 e. The fraction of sp³-hybridized carbons (Fsp3) is 0.625. The highest BCUT2D eigenvalue weighted by atomic mass is 35.5. The molecule has 0 amide bonds. The van der Waals surface area contributed by atoms with Gasteiger partial charge in [0.1, 0.15) is 0 Å². The average molecular weight is 315 g/mol. The van der Waals surface area contributed by atoms with Gasteiger partial charge in [0.15, 0.2) is 0 Å². The van der Waals surface area contributed by atoms with Gasteiger partial charge in [-0.1, -0.05) is 57.3 Å². The van der Waals surface area contributed by atoms with E-state index in [9.17, 15) is 0 Å². The van der Waals surface area contributed by atoms with E-state index in [1.807, 2.05) is 18.2 Å². The molecule has 0 heterocycles. The highest BCUT2D eigenvalue weighted by molar-refractivity contribution is 6.81. The fourth-order valence-corrected chi connectivity index (χ4v) is 5.29. The summed E-state index contributed by atoms with van der Waals surface area (Å²) >= 11 is 6.14. The van der Waals surface area contributed by atoms with E-state index >= 15 is 0 Å². The Hall–Kier alpha value is -0.353. The van der Waals surface area contributed by atoms with Gasteiger partial charge in [-0.3, -0.25) is 0 Å². The molecule has 0 saturated carbocycles. The van der Waals surface area contributed by atoms with Gasteiger partial charge in [0.2, 0.25) is 0 Å². The minimum Gasteiger partial charge on any atom is -0.391 e. The highest BCUT2D eigenvalue weighted by Crippen LogP contribution is 2.18. The maximum absolute atomic E-state index is 6.26. The molecule has 0 aliphatic heterocycles. The van der Waals surface area contributed by atoms with Crippen molar-refractivity contribution in [1.29, 1.82) is 0 Å². The van der Waals surface area contributed by atoms with Gasteiger partial charge in [-0.2, -0.15) is 0 Å². The molecule has 0 aromatic heterocycles. The molecule has 0 unspecified atom stereocenters. The first-order valence-corrected chi connectivity index (χ1v) is 10.1. The van der Waals surface area contributed by atoms with E-state index < -0.39 is 8.56 Å². The Morgan fingerprint density at radius 2 is 1.60 bits per heavy atom. The zero-order chi connectivity index (χ0) is 14.8. The summed E-state index contributed by atoms with van der Waals surface area (Å²) in [5, 5.41) is 1.91. The van der Waals surface area contributed by atoms with Crippen LogP contribution in [-0.2, 0) is 8.85 Å². The molecular formula is C16H27ClO2Si. The molecule has 0 saturated heterocycles. The summed E-state index contributed by atoms with van der Waals surface area (Å²) in [6.45, 7) is 8.06. The lowest BCUT2D eigenvalue weighted by Gasteiger charge is -2.30. The van der Waals surface area contributed by atoms with Gasteiger partial charge < -0.3 is 8.85 Å². The van der Waals surface area contributed by atoms with Gasteiger partial charge >= 0.3 is 8.56 Å². The highest BCUT2D eigenvalue weighted by Gasteiger charge is 2.38. The Morgan fingerprint density at radius 3 is 2.05 bits per heavy atom. The summed E-state index contributed by atoms with van der Waals surface area (Å²) in [6, 6.07) is 8.91. The summed E-state index contributed by atoms with van der Waals surface area (Å²) in [5.74, 6) is 0. The second-order valence-corrected chi connectivity index (χ2v) is 8.82. The first-order chi connectivity index (χ1) is 9.68. The molecule has 0 atom stereocenters. The van der Waals surface area contributed by atoms with Gasteiger partial charge in [-0.25, -0.2) is 0 Å². The Labute approximate surface area is 129 Å². The predicted octanol–water partition coefficient (Wildman–Crippen LogP) is 4.64. The van der Waals surface area contributed by atoms with E-state index in [1.165, 1.54) is 0 Å². The lowest BCUT2D eigenvalue weighted by Crippen LogP contribution is -2.53. The lowest BCUT2D eigenvalue weighted by molar-refractivity contribution is 0.176. The van der Waals surface area contributed by atoms with Crippen LogP contribution in [0.15, 0.2) is 24.3 Å². The zero-order valence-electron chi connectivity index (χ0n) is 13.0. The van der Waals surface area contributed by atoms with Crippen LogP contribution in [0.5, 0.6) is 0 Å². The van der Waals surface area contributed by atoms with Gasteiger partial charge in [-0.15, -0.1) is 0 Å². The summed E-state index contributed by atoms with van der Waals surface area (Å²) in [5.41, 5.74) is 0. The molecule has 2 nitrogen and oxygen atoms in total. The molecule has 1 rings (SSSR count). The van der Waals surface area contributed by atoms with E-state index in [4.69, 9.17) is 20.5 Å². The molecule has 0 aliphatic rings. The van der Waals surface area contributed by atoms with Crippen molar-refractivity contribution >= 4 is 25.3 Å². The minimum absolute atomic E-state index is 0.756. The Bertz CT molecular complexity index is 374. The number of unbranched alkanes of at least 4 members (excludes halogenated alkanes) is 2. The van der Waals surface area contributed by atoms with Crippen molar-refractivity contribution in [1.82, 2.24) is 0 Å². The second-order valence-electron chi connectivity index (χ2n) is 5.02. The predicted molar refractivity (Wildman–Crippen MR) is 89.0 cm³/mol. The van der Waals surface area contributed by atoms with Crippen LogP contribution in [0.4, 0.5) is 0 Å². The number of hydrogen-bond donors (Lipinski definition) is 0. The van der Waals surface area contributed by atoms with E-state index in [0.29, 0.717) is 0 Å². The molecule has 4 heteroatoms. The molecule has 0 aliphatic carbocycles. The van der Waals surface area contributed by atoms with E-state index in [0.717, 1.165) is 55.2 Å². The Kier molecular flexibility index (Phi) is 8.46. The third kappa shape index (κ3) is 5.21. The van der Waals surface area contributed by atoms with Crippen LogP contribution in [0.1, 0.15) is 46.5 Å². The smallest absolute Gasteiger partial charge is 0.372 e. The summed E-state index contributed by atoms with van der Waals surface area (Å²) in [4.78, 5) is 0. The Morgan fingerprint density at radius 1 is 1.00 bits per heavy atom. The van der Waals surface area contributed by atoms with Crippen molar-refractivity contribution in [2.45, 2.75) is 52.5 Å². The second kappa shape index (κ2) is 9.56. The molecule has 0 spiro atoms. The van der Waals surface area contributed by atoms with Crippen LogP contribution in [0, 0.1) is 0 Å². The maximum atomic E-state index is 6.26. The average Bonchev–Trinajstić information content (AvgIpc) is 2.46. The summed E-state index contributed by atoms with van der Waals surface area (Å²) in [6.07, 6.45) is 4.43. The molecule has 0 N–H and O–H groups in total. The van der Waals surface area contributed by atoms with Crippen LogP contribution in [-0.4, -0.2) is 21.8 Å². The molecule has 0 bridgehead atoms. The van der Waals surface area contributed by atoms with Crippen LogP contribution < -0.4 is 5.19 Å². The summed E-state index contributed by atoms with van der Waals surface area (Å²) in [7, 11) is -2.34. The van der Waals surface area contributed by atoms with Crippen LogP contribution in [0.2, 0.25) is 11.1 Å². The largest absolute Gasteiger partial charge is 0.391 e. The topological polar surface area (TPSA) is 18.5 Å². The van der Waals surface area contributed by atoms with Gasteiger partial charge in [0.05, 0.1) is 0 Å². The van der Waals surface area contributed by atoms with Crippen molar-refractivity contribution in [2.24, 2.45) is 0 Å². The number of hydrogen-bond acceptors (Lipinski definition) is 2. The first-order valence-electron chi connectivity index (χ1n) is 7.72. The number of halogens is 1. The molecule has 0 radical (unpaired) electrons. The molecule has 1 aromatic carbocycles. The first kappa shape index (κ1) is 17.7. The third-order valence-corrected chi connectivity index (χ3v) is 7.09. The van der Waals surface area contributed by atoms with E-state index in [-0.39, 0.29) is 0 Å².